The molecule has 0 aliphatic carbocycles. The largest absolute Gasteiger partial charge is 0.384 e. The molecular weight excluding hydrogens is 278 g/mol. The van der Waals surface area contributed by atoms with Gasteiger partial charge in [-0.3, -0.25) is 4.79 Å². The molecule has 0 saturated carbocycles. The third-order valence-corrected chi connectivity index (χ3v) is 4.33. The first kappa shape index (κ1) is 16.5. The Balaban J connectivity index is 3.08. The summed E-state index contributed by atoms with van der Waals surface area (Å²) in [5.41, 5.74) is 4.71. The summed E-state index contributed by atoms with van der Waals surface area (Å²) in [4.78, 5) is 11.1. The number of hydrogen-bond acceptors (Lipinski definition) is 4. The van der Waals surface area contributed by atoms with Gasteiger partial charge in [-0.2, -0.15) is 0 Å². The smallest absolute Gasteiger partial charge is 0.243 e. The summed E-state index contributed by atoms with van der Waals surface area (Å²) in [6.07, 6.45) is -0.0738. The molecule has 0 heterocycles. The van der Waals surface area contributed by atoms with E-state index in [1.807, 2.05) is 6.92 Å². The van der Waals surface area contributed by atoms with Crippen LogP contribution in [-0.4, -0.2) is 26.4 Å². The zero-order valence-corrected chi connectivity index (χ0v) is 12.8. The molecule has 0 atom stereocenters. The van der Waals surface area contributed by atoms with Crippen LogP contribution in [0.15, 0.2) is 29.2 Å². The lowest BCUT2D eigenvalue weighted by atomic mass is 10.0. The normalized spacial score (nSPS) is 12.2. The van der Waals surface area contributed by atoms with Crippen molar-refractivity contribution in [3.05, 3.63) is 24.3 Å². The third-order valence-electron chi connectivity index (χ3n) is 2.57. The van der Waals surface area contributed by atoms with Crippen molar-refractivity contribution in [2.75, 3.05) is 11.9 Å². The molecule has 0 radical (unpaired) electrons. The molecule has 1 amide bonds. The van der Waals surface area contributed by atoms with E-state index in [2.05, 4.69) is 10.0 Å². The van der Waals surface area contributed by atoms with Gasteiger partial charge in [-0.15, -0.1) is 0 Å². The molecule has 4 N–H and O–H groups in total. The minimum absolute atomic E-state index is 0.0738. The number of benzene rings is 1. The van der Waals surface area contributed by atoms with Crippen LogP contribution >= 0.6 is 0 Å². The number of nitrogens with one attached hydrogen (secondary N) is 2. The van der Waals surface area contributed by atoms with Crippen molar-refractivity contribution in [1.29, 1.82) is 0 Å². The van der Waals surface area contributed by atoms with E-state index in [4.69, 9.17) is 5.73 Å². The molecule has 0 unspecified atom stereocenters. The Kier molecular flexibility index (Phi) is 5.13. The van der Waals surface area contributed by atoms with E-state index in [-0.39, 0.29) is 11.3 Å². The minimum Gasteiger partial charge on any atom is -0.384 e. The van der Waals surface area contributed by atoms with E-state index < -0.39 is 21.5 Å². The van der Waals surface area contributed by atoms with Crippen molar-refractivity contribution in [2.45, 2.75) is 37.6 Å². The van der Waals surface area contributed by atoms with Crippen LogP contribution in [0.2, 0.25) is 0 Å². The van der Waals surface area contributed by atoms with Crippen molar-refractivity contribution in [1.82, 2.24) is 4.72 Å². The predicted octanol–water partition coefficient (Wildman–Crippen LogP) is 1.05. The monoisotopic (exact) mass is 299 g/mol. The molecule has 1 aromatic rings. The van der Waals surface area contributed by atoms with Crippen LogP contribution in [0.5, 0.6) is 0 Å². The van der Waals surface area contributed by atoms with Crippen LogP contribution in [0.4, 0.5) is 5.69 Å². The molecule has 7 heteroatoms. The number of primary amides is 1. The van der Waals surface area contributed by atoms with Crippen LogP contribution in [0.1, 0.15) is 27.2 Å². The topological polar surface area (TPSA) is 101 Å². The zero-order valence-electron chi connectivity index (χ0n) is 11.9. The van der Waals surface area contributed by atoms with Gasteiger partial charge in [-0.05, 0) is 32.9 Å². The maximum atomic E-state index is 12.4. The highest BCUT2D eigenvalue weighted by atomic mass is 32.2. The first-order valence-electron chi connectivity index (χ1n) is 6.33. The molecule has 20 heavy (non-hydrogen) atoms. The number of sulfonamides is 1. The van der Waals surface area contributed by atoms with Crippen molar-refractivity contribution >= 4 is 21.6 Å². The van der Waals surface area contributed by atoms with E-state index in [0.29, 0.717) is 12.2 Å². The lowest BCUT2D eigenvalue weighted by Crippen LogP contribution is -2.46. The fourth-order valence-electron chi connectivity index (χ4n) is 1.93. The summed E-state index contributed by atoms with van der Waals surface area (Å²) >= 11 is 0. The summed E-state index contributed by atoms with van der Waals surface area (Å²) in [6, 6.07) is 6.61. The average Bonchev–Trinajstić information content (AvgIpc) is 2.26. The van der Waals surface area contributed by atoms with Gasteiger partial charge in [0.25, 0.3) is 0 Å². The molecule has 0 fully saturated rings. The first-order valence-corrected chi connectivity index (χ1v) is 7.81. The molecule has 0 aromatic heterocycles. The number of rotatable bonds is 7. The highest BCUT2D eigenvalue weighted by Crippen LogP contribution is 2.22. The molecule has 6 nitrogen and oxygen atoms in total. The van der Waals surface area contributed by atoms with E-state index in [1.54, 1.807) is 32.0 Å². The zero-order chi connectivity index (χ0) is 15.4. The quantitative estimate of drug-likeness (QED) is 0.700. The van der Waals surface area contributed by atoms with Crippen molar-refractivity contribution in [3.63, 3.8) is 0 Å². The fraction of sp³-hybridized carbons (Fsp3) is 0.462. The second kappa shape index (κ2) is 6.23. The van der Waals surface area contributed by atoms with Gasteiger partial charge >= 0.3 is 0 Å². The molecular formula is C13H21N3O3S. The van der Waals surface area contributed by atoms with Crippen LogP contribution in [0, 0.1) is 0 Å². The number of carbonyl (C=O) groups excluding carboxylic acids is 1. The van der Waals surface area contributed by atoms with E-state index in [1.165, 1.54) is 6.07 Å². The Labute approximate surface area is 119 Å². The summed E-state index contributed by atoms with van der Waals surface area (Å²) in [6.45, 7) is 5.72. The van der Waals surface area contributed by atoms with Crippen LogP contribution in [0.25, 0.3) is 0 Å². The summed E-state index contributed by atoms with van der Waals surface area (Å²) in [5.74, 6) is -0.558. The van der Waals surface area contributed by atoms with Gasteiger partial charge in [0.1, 0.15) is 4.90 Å². The Bertz CT molecular complexity index is 582. The van der Waals surface area contributed by atoms with Gasteiger partial charge in [0.15, 0.2) is 0 Å². The van der Waals surface area contributed by atoms with Gasteiger partial charge in [0, 0.05) is 18.5 Å². The molecule has 1 rings (SSSR count). The standard InChI is InChI=1S/C13H21N3O3S/c1-4-15-10-7-5-6-8-11(10)20(18,19)16-13(2,3)9-12(14)17/h5-8,15-16H,4,9H2,1-3H3,(H2,14,17). The number of nitrogens with two attached hydrogens (primary N) is 1. The Morgan fingerprint density at radius 1 is 1.30 bits per heavy atom. The van der Waals surface area contributed by atoms with Crippen molar-refractivity contribution < 1.29 is 13.2 Å². The predicted molar refractivity (Wildman–Crippen MR) is 78.8 cm³/mol. The molecule has 0 aliphatic rings. The summed E-state index contributed by atoms with van der Waals surface area (Å²) in [5, 5.41) is 3.00. The van der Waals surface area contributed by atoms with Gasteiger partial charge in [0.05, 0.1) is 5.69 Å². The maximum absolute atomic E-state index is 12.4. The SMILES string of the molecule is CCNc1ccccc1S(=O)(=O)NC(C)(C)CC(N)=O. The average molecular weight is 299 g/mol. The van der Waals surface area contributed by atoms with E-state index in [0.717, 1.165) is 0 Å². The van der Waals surface area contributed by atoms with Crippen molar-refractivity contribution in [2.24, 2.45) is 5.73 Å². The second-order valence-corrected chi connectivity index (χ2v) is 6.81. The van der Waals surface area contributed by atoms with Crippen LogP contribution in [0.3, 0.4) is 0 Å². The number of carbonyl (C=O) groups is 1. The highest BCUT2D eigenvalue weighted by molar-refractivity contribution is 7.89. The van der Waals surface area contributed by atoms with Gasteiger partial charge < -0.3 is 11.1 Å². The Hall–Kier alpha value is -1.60. The van der Waals surface area contributed by atoms with Crippen LogP contribution < -0.4 is 15.8 Å². The molecule has 1 aromatic carbocycles. The molecule has 0 spiro atoms. The number of hydrogen-bond donors (Lipinski definition) is 3. The van der Waals surface area contributed by atoms with E-state index >= 15 is 0 Å². The second-order valence-electron chi connectivity index (χ2n) is 5.16. The number of para-hydroxylation sites is 1. The van der Waals surface area contributed by atoms with Gasteiger partial charge in [-0.1, -0.05) is 12.1 Å². The van der Waals surface area contributed by atoms with Crippen LogP contribution in [-0.2, 0) is 14.8 Å². The minimum atomic E-state index is -3.74. The highest BCUT2D eigenvalue weighted by Gasteiger charge is 2.29. The summed E-state index contributed by atoms with van der Waals surface area (Å²) < 4.78 is 27.4. The first-order chi connectivity index (χ1) is 9.18. The molecule has 0 bridgehead atoms. The summed E-state index contributed by atoms with van der Waals surface area (Å²) in [7, 11) is -3.74. The van der Waals surface area contributed by atoms with Gasteiger partial charge in [0.2, 0.25) is 15.9 Å². The van der Waals surface area contributed by atoms with Crippen molar-refractivity contribution in [3.8, 4) is 0 Å². The lowest BCUT2D eigenvalue weighted by Gasteiger charge is -2.25. The Morgan fingerprint density at radius 2 is 1.90 bits per heavy atom. The van der Waals surface area contributed by atoms with Gasteiger partial charge in [-0.25, -0.2) is 13.1 Å². The molecule has 0 aliphatic heterocycles. The number of amides is 1. The third kappa shape index (κ3) is 4.50. The maximum Gasteiger partial charge on any atom is 0.243 e. The number of anilines is 1. The Morgan fingerprint density at radius 3 is 2.45 bits per heavy atom. The van der Waals surface area contributed by atoms with E-state index in [9.17, 15) is 13.2 Å². The fourth-order valence-corrected chi connectivity index (χ4v) is 3.52. The molecule has 112 valence electrons. The lowest BCUT2D eigenvalue weighted by molar-refractivity contribution is -0.119. The molecule has 0 saturated heterocycles.